The fourth-order valence-electron chi connectivity index (χ4n) is 3.22. The van der Waals surface area contributed by atoms with E-state index < -0.39 is 0 Å². The largest absolute Gasteiger partial charge is 0.463 e. The van der Waals surface area contributed by atoms with Crippen LogP contribution in [-0.2, 0) is 0 Å². The summed E-state index contributed by atoms with van der Waals surface area (Å²) in [6.45, 7) is 3.84. The molecular formula is C20H21N3O2. The molecule has 0 bridgehead atoms. The van der Waals surface area contributed by atoms with Crippen LogP contribution in [0.1, 0.15) is 30.3 Å². The Labute approximate surface area is 146 Å². The van der Waals surface area contributed by atoms with E-state index in [2.05, 4.69) is 12.0 Å². The van der Waals surface area contributed by atoms with Crippen LogP contribution < -0.4 is 0 Å². The zero-order chi connectivity index (χ0) is 17.2. The van der Waals surface area contributed by atoms with Crippen molar-refractivity contribution in [2.75, 3.05) is 13.1 Å². The number of carbonyl (C=O) groups excluding carboxylic acids is 1. The van der Waals surface area contributed by atoms with Crippen molar-refractivity contribution in [3.63, 3.8) is 0 Å². The van der Waals surface area contributed by atoms with Crippen LogP contribution in [0.2, 0.25) is 0 Å². The average molecular weight is 335 g/mol. The molecule has 0 aliphatic carbocycles. The number of para-hydroxylation sites is 1. The smallest absolute Gasteiger partial charge is 0.272 e. The molecule has 0 saturated carbocycles. The van der Waals surface area contributed by atoms with Gasteiger partial charge in [-0.2, -0.15) is 5.10 Å². The molecule has 1 aliphatic rings. The zero-order valence-corrected chi connectivity index (χ0v) is 14.3. The lowest BCUT2D eigenvalue weighted by Crippen LogP contribution is -2.38. The third-order valence-electron chi connectivity index (χ3n) is 4.77. The number of furan rings is 1. The van der Waals surface area contributed by atoms with Crippen LogP contribution in [-0.4, -0.2) is 33.7 Å². The van der Waals surface area contributed by atoms with Crippen molar-refractivity contribution in [2.24, 2.45) is 5.92 Å². The van der Waals surface area contributed by atoms with Gasteiger partial charge in [0.25, 0.3) is 5.91 Å². The van der Waals surface area contributed by atoms with Gasteiger partial charge < -0.3 is 9.32 Å². The van der Waals surface area contributed by atoms with E-state index in [9.17, 15) is 4.79 Å². The molecule has 1 fully saturated rings. The Morgan fingerprint density at radius 2 is 1.88 bits per heavy atom. The van der Waals surface area contributed by atoms with Crippen molar-refractivity contribution in [3.8, 4) is 17.1 Å². The number of carbonyl (C=O) groups is 1. The van der Waals surface area contributed by atoms with Crippen molar-refractivity contribution in [2.45, 2.75) is 19.8 Å². The van der Waals surface area contributed by atoms with Gasteiger partial charge >= 0.3 is 0 Å². The van der Waals surface area contributed by atoms with Crippen molar-refractivity contribution in [1.29, 1.82) is 0 Å². The molecule has 1 aliphatic heterocycles. The van der Waals surface area contributed by atoms with Gasteiger partial charge in [-0.25, -0.2) is 4.68 Å². The van der Waals surface area contributed by atoms with Crippen molar-refractivity contribution in [1.82, 2.24) is 14.7 Å². The molecule has 0 unspecified atom stereocenters. The number of benzene rings is 1. The van der Waals surface area contributed by atoms with Crippen molar-refractivity contribution >= 4 is 5.91 Å². The molecule has 1 saturated heterocycles. The van der Waals surface area contributed by atoms with E-state index in [4.69, 9.17) is 4.42 Å². The van der Waals surface area contributed by atoms with Gasteiger partial charge in [-0.05, 0) is 43.0 Å². The molecule has 0 spiro atoms. The van der Waals surface area contributed by atoms with Crippen LogP contribution in [0.25, 0.3) is 17.1 Å². The van der Waals surface area contributed by atoms with Gasteiger partial charge in [0, 0.05) is 19.2 Å². The predicted octanol–water partition coefficient (Wildman–Crippen LogP) is 4.00. The molecule has 5 nitrogen and oxygen atoms in total. The number of piperidine rings is 1. The van der Waals surface area contributed by atoms with Gasteiger partial charge in [-0.1, -0.05) is 25.1 Å². The van der Waals surface area contributed by atoms with Gasteiger partial charge in [0.15, 0.2) is 5.76 Å². The summed E-state index contributed by atoms with van der Waals surface area (Å²) in [5, 5.41) is 4.63. The lowest BCUT2D eigenvalue weighted by atomic mass is 9.99. The lowest BCUT2D eigenvalue weighted by molar-refractivity contribution is 0.0688. The minimum Gasteiger partial charge on any atom is -0.463 e. The summed E-state index contributed by atoms with van der Waals surface area (Å²) in [6, 6.07) is 15.3. The van der Waals surface area contributed by atoms with E-state index in [1.165, 1.54) is 0 Å². The van der Waals surface area contributed by atoms with Gasteiger partial charge in [0.05, 0.1) is 12.0 Å². The Kier molecular flexibility index (Phi) is 4.14. The quantitative estimate of drug-likeness (QED) is 0.727. The maximum absolute atomic E-state index is 13.1. The Bertz CT molecular complexity index is 844. The van der Waals surface area contributed by atoms with Crippen LogP contribution >= 0.6 is 0 Å². The molecule has 5 heteroatoms. The zero-order valence-electron chi connectivity index (χ0n) is 14.3. The van der Waals surface area contributed by atoms with Gasteiger partial charge in [0.2, 0.25) is 0 Å². The van der Waals surface area contributed by atoms with Gasteiger partial charge in [-0.3, -0.25) is 4.79 Å². The van der Waals surface area contributed by atoms with Crippen LogP contribution in [0, 0.1) is 5.92 Å². The second kappa shape index (κ2) is 6.59. The van der Waals surface area contributed by atoms with Crippen molar-refractivity contribution < 1.29 is 9.21 Å². The van der Waals surface area contributed by atoms with E-state index >= 15 is 0 Å². The Balaban J connectivity index is 1.73. The number of nitrogens with zero attached hydrogens (tertiary/aromatic N) is 3. The highest BCUT2D eigenvalue weighted by molar-refractivity contribution is 5.94. The van der Waals surface area contributed by atoms with Crippen LogP contribution in [0.5, 0.6) is 0 Å². The topological polar surface area (TPSA) is 51.3 Å². The molecule has 3 heterocycles. The molecular weight excluding hydrogens is 314 g/mol. The second-order valence-electron chi connectivity index (χ2n) is 6.61. The standard InChI is InChI=1S/C20H21N3O2/c1-15-9-11-22(12-10-15)20(24)18-14-17(19-8-5-13-25-19)21-23(18)16-6-3-2-4-7-16/h2-8,13-15H,9-12H2,1H3. The number of hydrogen-bond donors (Lipinski definition) is 0. The number of likely N-dealkylation sites (tertiary alicyclic amines) is 1. The summed E-state index contributed by atoms with van der Waals surface area (Å²) >= 11 is 0. The highest BCUT2D eigenvalue weighted by Crippen LogP contribution is 2.25. The lowest BCUT2D eigenvalue weighted by Gasteiger charge is -2.30. The number of hydrogen-bond acceptors (Lipinski definition) is 3. The average Bonchev–Trinajstić information content (AvgIpc) is 3.32. The fourth-order valence-corrected chi connectivity index (χ4v) is 3.22. The van der Waals surface area contributed by atoms with E-state index in [0.29, 0.717) is 23.1 Å². The summed E-state index contributed by atoms with van der Waals surface area (Å²) in [4.78, 5) is 15.1. The summed E-state index contributed by atoms with van der Waals surface area (Å²) in [5.41, 5.74) is 2.11. The first-order chi connectivity index (χ1) is 12.2. The van der Waals surface area contributed by atoms with E-state index in [1.54, 1.807) is 10.9 Å². The Morgan fingerprint density at radius 1 is 1.12 bits per heavy atom. The fraction of sp³-hybridized carbons (Fsp3) is 0.300. The summed E-state index contributed by atoms with van der Waals surface area (Å²) < 4.78 is 7.18. The summed E-state index contributed by atoms with van der Waals surface area (Å²) in [7, 11) is 0. The molecule has 25 heavy (non-hydrogen) atoms. The highest BCUT2D eigenvalue weighted by atomic mass is 16.3. The number of rotatable bonds is 3. The molecule has 1 aromatic carbocycles. The van der Waals surface area contributed by atoms with Crippen LogP contribution in [0.15, 0.2) is 59.2 Å². The van der Waals surface area contributed by atoms with Crippen LogP contribution in [0.4, 0.5) is 0 Å². The van der Waals surface area contributed by atoms with Gasteiger partial charge in [0.1, 0.15) is 11.4 Å². The third-order valence-corrected chi connectivity index (χ3v) is 4.77. The number of aromatic nitrogens is 2. The Hall–Kier alpha value is -2.82. The number of amides is 1. The van der Waals surface area contributed by atoms with E-state index in [1.807, 2.05) is 53.4 Å². The first-order valence-electron chi connectivity index (χ1n) is 8.71. The molecule has 128 valence electrons. The van der Waals surface area contributed by atoms with E-state index in [0.717, 1.165) is 31.6 Å². The predicted molar refractivity (Wildman–Crippen MR) is 95.6 cm³/mol. The molecule has 0 N–H and O–H groups in total. The maximum Gasteiger partial charge on any atom is 0.272 e. The second-order valence-corrected chi connectivity index (χ2v) is 6.61. The molecule has 0 atom stereocenters. The molecule has 4 rings (SSSR count). The minimum atomic E-state index is 0.0288. The van der Waals surface area contributed by atoms with Crippen molar-refractivity contribution in [3.05, 3.63) is 60.5 Å². The first-order valence-corrected chi connectivity index (χ1v) is 8.71. The summed E-state index contributed by atoms with van der Waals surface area (Å²) in [6.07, 6.45) is 3.72. The summed E-state index contributed by atoms with van der Waals surface area (Å²) in [5.74, 6) is 1.37. The monoisotopic (exact) mass is 335 g/mol. The normalized spacial score (nSPS) is 15.5. The van der Waals surface area contributed by atoms with E-state index in [-0.39, 0.29) is 5.91 Å². The van der Waals surface area contributed by atoms with Gasteiger partial charge in [-0.15, -0.1) is 0 Å². The Morgan fingerprint density at radius 3 is 2.56 bits per heavy atom. The molecule has 2 aromatic heterocycles. The molecule has 1 amide bonds. The minimum absolute atomic E-state index is 0.0288. The highest BCUT2D eigenvalue weighted by Gasteiger charge is 2.26. The maximum atomic E-state index is 13.1. The third kappa shape index (κ3) is 3.09. The first kappa shape index (κ1) is 15.7. The van der Waals surface area contributed by atoms with Crippen LogP contribution in [0.3, 0.4) is 0 Å². The SMILES string of the molecule is CC1CCN(C(=O)c2cc(-c3ccco3)nn2-c2ccccc2)CC1. The molecule has 3 aromatic rings. The molecule has 0 radical (unpaired) electrons.